The van der Waals surface area contributed by atoms with Crippen molar-refractivity contribution in [1.29, 1.82) is 0 Å². The monoisotopic (exact) mass is 341 g/mol. The summed E-state index contributed by atoms with van der Waals surface area (Å²) >= 11 is 3.49. The van der Waals surface area contributed by atoms with Gasteiger partial charge in [-0.2, -0.15) is 4.98 Å². The Kier molecular flexibility index (Phi) is 6.04. The van der Waals surface area contributed by atoms with Crippen molar-refractivity contribution in [2.24, 2.45) is 5.92 Å². The van der Waals surface area contributed by atoms with E-state index in [9.17, 15) is 0 Å². The molecule has 0 spiro atoms. The molecule has 1 saturated heterocycles. The van der Waals surface area contributed by atoms with Gasteiger partial charge in [-0.25, -0.2) is 4.98 Å². The van der Waals surface area contributed by atoms with Gasteiger partial charge in [0.15, 0.2) is 0 Å². The van der Waals surface area contributed by atoms with Crippen LogP contribution >= 0.6 is 15.9 Å². The summed E-state index contributed by atoms with van der Waals surface area (Å²) in [5, 5.41) is 6.55. The third-order valence-corrected chi connectivity index (χ3v) is 4.34. The second-order valence-electron chi connectivity index (χ2n) is 5.38. The quantitative estimate of drug-likeness (QED) is 0.833. The van der Waals surface area contributed by atoms with Crippen LogP contribution in [0.4, 0.5) is 11.8 Å². The number of nitrogens with zero attached hydrogens (tertiary/aromatic N) is 3. The molecule has 1 aromatic rings. The van der Waals surface area contributed by atoms with Gasteiger partial charge in [0.1, 0.15) is 5.82 Å². The van der Waals surface area contributed by atoms with Crippen molar-refractivity contribution in [3.63, 3.8) is 0 Å². The first-order valence-corrected chi connectivity index (χ1v) is 8.17. The Balaban J connectivity index is 1.79. The van der Waals surface area contributed by atoms with E-state index < -0.39 is 0 Å². The van der Waals surface area contributed by atoms with Gasteiger partial charge in [0, 0.05) is 19.3 Å². The summed E-state index contributed by atoms with van der Waals surface area (Å²) in [6.07, 6.45) is 5.63. The number of hydrogen-bond donors (Lipinski definition) is 2. The van der Waals surface area contributed by atoms with Crippen LogP contribution in [0.25, 0.3) is 0 Å². The van der Waals surface area contributed by atoms with Crippen LogP contribution in [0.2, 0.25) is 0 Å². The van der Waals surface area contributed by atoms with Crippen LogP contribution in [0.1, 0.15) is 26.2 Å². The van der Waals surface area contributed by atoms with E-state index in [1.165, 1.54) is 32.4 Å². The molecule has 0 saturated carbocycles. The molecule has 0 atom stereocenters. The van der Waals surface area contributed by atoms with Gasteiger partial charge >= 0.3 is 0 Å². The van der Waals surface area contributed by atoms with E-state index in [0.717, 1.165) is 29.3 Å². The molecule has 2 N–H and O–H groups in total. The Morgan fingerprint density at radius 1 is 1.35 bits per heavy atom. The SMILES string of the molecule is CCNc1ncc(Br)c(NCCC2CCN(C)CC2)n1. The molecule has 0 aromatic carbocycles. The summed E-state index contributed by atoms with van der Waals surface area (Å²) in [7, 11) is 2.20. The molecule has 0 bridgehead atoms. The molecule has 5 nitrogen and oxygen atoms in total. The molecular formula is C14H24BrN5. The van der Waals surface area contributed by atoms with Crippen LogP contribution < -0.4 is 10.6 Å². The minimum Gasteiger partial charge on any atom is -0.369 e. The Labute approximate surface area is 129 Å². The lowest BCUT2D eigenvalue weighted by atomic mass is 9.94. The zero-order chi connectivity index (χ0) is 14.4. The van der Waals surface area contributed by atoms with Gasteiger partial charge < -0.3 is 15.5 Å². The van der Waals surface area contributed by atoms with Crippen molar-refractivity contribution >= 4 is 27.7 Å². The molecule has 0 aliphatic carbocycles. The predicted octanol–water partition coefficient (Wildman–Crippen LogP) is 2.81. The predicted molar refractivity (Wildman–Crippen MR) is 87.2 cm³/mol. The Bertz CT molecular complexity index is 418. The van der Waals surface area contributed by atoms with Crippen LogP contribution in [-0.4, -0.2) is 48.1 Å². The Hall–Kier alpha value is -0.880. The zero-order valence-corrected chi connectivity index (χ0v) is 13.9. The van der Waals surface area contributed by atoms with Crippen molar-refractivity contribution in [2.75, 3.05) is 43.9 Å². The van der Waals surface area contributed by atoms with E-state index in [1.54, 1.807) is 6.20 Å². The normalized spacial score (nSPS) is 17.1. The highest BCUT2D eigenvalue weighted by molar-refractivity contribution is 9.10. The maximum absolute atomic E-state index is 4.47. The van der Waals surface area contributed by atoms with Gasteiger partial charge in [-0.1, -0.05) is 0 Å². The Morgan fingerprint density at radius 2 is 2.10 bits per heavy atom. The van der Waals surface area contributed by atoms with Crippen molar-refractivity contribution in [2.45, 2.75) is 26.2 Å². The van der Waals surface area contributed by atoms with Crippen molar-refractivity contribution < 1.29 is 0 Å². The number of piperidine rings is 1. The average molecular weight is 342 g/mol. The summed E-state index contributed by atoms with van der Waals surface area (Å²) < 4.78 is 0.919. The molecule has 2 rings (SSSR count). The smallest absolute Gasteiger partial charge is 0.224 e. The fourth-order valence-corrected chi connectivity index (χ4v) is 2.81. The molecular weight excluding hydrogens is 318 g/mol. The lowest BCUT2D eigenvalue weighted by molar-refractivity contribution is 0.215. The first kappa shape index (κ1) is 15.5. The average Bonchev–Trinajstić information content (AvgIpc) is 2.45. The van der Waals surface area contributed by atoms with Gasteiger partial charge in [0.25, 0.3) is 0 Å². The first-order chi connectivity index (χ1) is 9.69. The largest absolute Gasteiger partial charge is 0.369 e. The molecule has 1 aliphatic heterocycles. The maximum Gasteiger partial charge on any atom is 0.224 e. The molecule has 2 heterocycles. The molecule has 1 fully saturated rings. The van der Waals surface area contributed by atoms with Gasteiger partial charge in [-0.3, -0.25) is 0 Å². The maximum atomic E-state index is 4.47. The van der Waals surface area contributed by atoms with Crippen molar-refractivity contribution in [3.8, 4) is 0 Å². The number of anilines is 2. The minimum absolute atomic E-state index is 0.678. The zero-order valence-electron chi connectivity index (χ0n) is 12.3. The Morgan fingerprint density at radius 3 is 2.80 bits per heavy atom. The van der Waals surface area contributed by atoms with Gasteiger partial charge in [0.05, 0.1) is 4.47 Å². The summed E-state index contributed by atoms with van der Waals surface area (Å²) in [4.78, 5) is 11.1. The highest BCUT2D eigenvalue weighted by Crippen LogP contribution is 2.22. The lowest BCUT2D eigenvalue weighted by Crippen LogP contribution is -2.30. The van der Waals surface area contributed by atoms with E-state index in [4.69, 9.17) is 0 Å². The number of hydrogen-bond acceptors (Lipinski definition) is 5. The number of nitrogens with one attached hydrogen (secondary N) is 2. The number of aromatic nitrogens is 2. The van der Waals surface area contributed by atoms with E-state index in [-0.39, 0.29) is 0 Å². The van der Waals surface area contributed by atoms with E-state index >= 15 is 0 Å². The van der Waals surface area contributed by atoms with E-state index in [1.807, 2.05) is 6.92 Å². The molecule has 0 radical (unpaired) electrons. The second kappa shape index (κ2) is 7.78. The standard InChI is InChI=1S/C14H24BrN5/c1-3-16-14-18-10-12(15)13(19-14)17-7-4-11-5-8-20(2)9-6-11/h10-11H,3-9H2,1-2H3,(H2,16,17,18,19). The summed E-state index contributed by atoms with van der Waals surface area (Å²) in [5.41, 5.74) is 0. The van der Waals surface area contributed by atoms with Gasteiger partial charge in [0.2, 0.25) is 5.95 Å². The van der Waals surface area contributed by atoms with Crippen LogP contribution in [0.15, 0.2) is 10.7 Å². The molecule has 0 unspecified atom stereocenters. The summed E-state index contributed by atoms with van der Waals surface area (Å²) in [6.45, 7) is 6.30. The van der Waals surface area contributed by atoms with E-state index in [2.05, 4.69) is 48.5 Å². The third kappa shape index (κ3) is 4.59. The van der Waals surface area contributed by atoms with Gasteiger partial charge in [-0.05, 0) is 68.2 Å². The molecule has 20 heavy (non-hydrogen) atoms. The number of rotatable bonds is 6. The second-order valence-corrected chi connectivity index (χ2v) is 6.24. The minimum atomic E-state index is 0.678. The number of likely N-dealkylation sites (tertiary alicyclic amines) is 1. The fraction of sp³-hybridized carbons (Fsp3) is 0.714. The van der Waals surface area contributed by atoms with Gasteiger partial charge in [-0.15, -0.1) is 0 Å². The molecule has 1 aromatic heterocycles. The molecule has 1 aliphatic rings. The van der Waals surface area contributed by atoms with Crippen LogP contribution in [0.3, 0.4) is 0 Å². The molecule has 0 amide bonds. The fourth-order valence-electron chi connectivity index (χ4n) is 2.48. The highest BCUT2D eigenvalue weighted by atomic mass is 79.9. The third-order valence-electron chi connectivity index (χ3n) is 3.76. The summed E-state index contributed by atoms with van der Waals surface area (Å²) in [6, 6.07) is 0. The first-order valence-electron chi connectivity index (χ1n) is 7.38. The van der Waals surface area contributed by atoms with Crippen molar-refractivity contribution in [3.05, 3.63) is 10.7 Å². The lowest BCUT2D eigenvalue weighted by Gasteiger charge is -2.28. The highest BCUT2D eigenvalue weighted by Gasteiger charge is 2.16. The van der Waals surface area contributed by atoms with Crippen molar-refractivity contribution in [1.82, 2.24) is 14.9 Å². The molecule has 112 valence electrons. The topological polar surface area (TPSA) is 53.1 Å². The molecule has 6 heteroatoms. The van der Waals surface area contributed by atoms with E-state index in [0.29, 0.717) is 5.95 Å². The van der Waals surface area contributed by atoms with Crippen LogP contribution in [-0.2, 0) is 0 Å². The summed E-state index contributed by atoms with van der Waals surface area (Å²) in [5.74, 6) is 2.40. The number of halogens is 1. The van der Waals surface area contributed by atoms with Crippen LogP contribution in [0.5, 0.6) is 0 Å². The van der Waals surface area contributed by atoms with Crippen LogP contribution in [0, 0.1) is 5.92 Å².